The molecule has 0 unspecified atom stereocenters. The molecule has 0 N–H and O–H groups in total. The second-order valence-corrected chi connectivity index (χ2v) is 4.73. The fraction of sp³-hybridized carbons (Fsp3) is 0.0714. The Labute approximate surface area is 125 Å². The number of amides is 1. The summed E-state index contributed by atoms with van der Waals surface area (Å²) in [6.45, 7) is 0. The molecule has 20 heavy (non-hydrogen) atoms. The molecule has 102 valence electrons. The zero-order valence-electron chi connectivity index (χ0n) is 10.5. The molecular formula is C14H10Cl2N2O2. The Morgan fingerprint density at radius 1 is 1.15 bits per heavy atom. The van der Waals surface area contributed by atoms with Crippen molar-refractivity contribution in [1.29, 1.82) is 0 Å². The fourth-order valence-electron chi connectivity index (χ4n) is 1.73. The maximum Gasteiger partial charge on any atom is 0.258 e. The van der Waals surface area contributed by atoms with Crippen LogP contribution in [0.2, 0.25) is 5.02 Å². The van der Waals surface area contributed by atoms with Gasteiger partial charge in [0.15, 0.2) is 0 Å². The van der Waals surface area contributed by atoms with Crippen molar-refractivity contribution in [2.75, 3.05) is 11.9 Å². The molecule has 6 heteroatoms. The Balaban J connectivity index is 2.39. The molecule has 0 fully saturated rings. The van der Waals surface area contributed by atoms with Crippen LogP contribution in [0.5, 0.6) is 0 Å². The highest BCUT2D eigenvalue weighted by molar-refractivity contribution is 6.69. The molecule has 1 amide bonds. The molecule has 0 aliphatic rings. The molecule has 0 atom stereocenters. The summed E-state index contributed by atoms with van der Waals surface area (Å²) in [5, 5.41) is -0.515. The molecule has 0 saturated heterocycles. The Morgan fingerprint density at radius 3 is 2.40 bits per heavy atom. The lowest BCUT2D eigenvalue weighted by molar-refractivity contribution is 0.0991. The number of pyridine rings is 1. The van der Waals surface area contributed by atoms with Gasteiger partial charge in [0.25, 0.3) is 11.1 Å². The first-order valence-electron chi connectivity index (χ1n) is 5.69. The molecule has 4 nitrogen and oxygen atoms in total. The van der Waals surface area contributed by atoms with E-state index < -0.39 is 5.24 Å². The van der Waals surface area contributed by atoms with Gasteiger partial charge in [-0.15, -0.1) is 0 Å². The van der Waals surface area contributed by atoms with Gasteiger partial charge in [-0.3, -0.25) is 14.6 Å². The van der Waals surface area contributed by atoms with E-state index in [-0.39, 0.29) is 16.5 Å². The molecule has 1 heterocycles. The summed E-state index contributed by atoms with van der Waals surface area (Å²) in [6, 6.07) is 7.97. The first kappa shape index (κ1) is 14.5. The largest absolute Gasteiger partial charge is 0.310 e. The molecule has 0 aliphatic carbocycles. The van der Waals surface area contributed by atoms with E-state index in [4.69, 9.17) is 23.2 Å². The van der Waals surface area contributed by atoms with Crippen molar-refractivity contribution in [2.24, 2.45) is 0 Å². The van der Waals surface area contributed by atoms with Crippen molar-refractivity contribution in [3.8, 4) is 0 Å². The van der Waals surface area contributed by atoms with Gasteiger partial charge in [0, 0.05) is 25.0 Å². The van der Waals surface area contributed by atoms with Crippen molar-refractivity contribution in [2.45, 2.75) is 0 Å². The number of rotatable bonds is 3. The van der Waals surface area contributed by atoms with Gasteiger partial charge < -0.3 is 4.90 Å². The zero-order chi connectivity index (χ0) is 14.7. The van der Waals surface area contributed by atoms with Crippen molar-refractivity contribution in [3.05, 3.63) is 58.9 Å². The van der Waals surface area contributed by atoms with Gasteiger partial charge in [0.2, 0.25) is 0 Å². The summed E-state index contributed by atoms with van der Waals surface area (Å²) in [5.74, 6) is -0.256. The third-order valence-electron chi connectivity index (χ3n) is 2.78. The van der Waals surface area contributed by atoms with Crippen molar-refractivity contribution in [1.82, 2.24) is 4.98 Å². The second-order valence-electron chi connectivity index (χ2n) is 4.01. The van der Waals surface area contributed by atoms with E-state index in [9.17, 15) is 9.59 Å². The Kier molecular flexibility index (Phi) is 4.37. The first-order valence-corrected chi connectivity index (χ1v) is 6.44. The minimum atomic E-state index is -0.665. The lowest BCUT2D eigenvalue weighted by atomic mass is 10.1. The van der Waals surface area contributed by atoms with E-state index in [0.29, 0.717) is 11.3 Å². The molecule has 0 saturated carbocycles. The summed E-state index contributed by atoms with van der Waals surface area (Å²) >= 11 is 11.6. The number of aromatic nitrogens is 1. The molecular weight excluding hydrogens is 299 g/mol. The molecule has 2 rings (SSSR count). The summed E-state index contributed by atoms with van der Waals surface area (Å²) in [5.41, 5.74) is 1.06. The Bertz CT molecular complexity index is 659. The van der Waals surface area contributed by atoms with Crippen LogP contribution < -0.4 is 4.90 Å². The number of anilines is 1. The van der Waals surface area contributed by atoms with Crippen LogP contribution in [0.3, 0.4) is 0 Å². The molecule has 0 aliphatic heterocycles. The van der Waals surface area contributed by atoms with E-state index in [2.05, 4.69) is 4.98 Å². The van der Waals surface area contributed by atoms with Crippen molar-refractivity contribution in [3.63, 3.8) is 0 Å². The minimum Gasteiger partial charge on any atom is -0.310 e. The number of hydrogen-bond donors (Lipinski definition) is 0. The summed E-state index contributed by atoms with van der Waals surface area (Å²) < 4.78 is 0. The van der Waals surface area contributed by atoms with Gasteiger partial charge in [-0.2, -0.15) is 0 Å². The quantitative estimate of drug-likeness (QED) is 0.817. The average Bonchev–Trinajstić information content (AvgIpc) is 2.46. The molecule has 1 aromatic carbocycles. The van der Waals surface area contributed by atoms with Crippen molar-refractivity contribution >= 4 is 40.0 Å². The van der Waals surface area contributed by atoms with E-state index in [1.807, 2.05) is 0 Å². The van der Waals surface area contributed by atoms with Gasteiger partial charge >= 0.3 is 0 Å². The van der Waals surface area contributed by atoms with E-state index >= 15 is 0 Å². The maximum absolute atomic E-state index is 12.3. The monoisotopic (exact) mass is 308 g/mol. The third-order valence-corrected chi connectivity index (χ3v) is 3.38. The molecule has 0 bridgehead atoms. The van der Waals surface area contributed by atoms with E-state index in [1.165, 1.54) is 23.4 Å². The lowest BCUT2D eigenvalue weighted by Gasteiger charge is -2.19. The third kappa shape index (κ3) is 2.81. The number of halogens is 2. The zero-order valence-corrected chi connectivity index (χ0v) is 12.0. The number of hydrogen-bond acceptors (Lipinski definition) is 3. The highest BCUT2D eigenvalue weighted by Gasteiger charge is 2.19. The minimum absolute atomic E-state index is 0.150. The van der Waals surface area contributed by atoms with E-state index in [0.717, 1.165) is 0 Å². The molecule has 1 aromatic heterocycles. The van der Waals surface area contributed by atoms with Crippen molar-refractivity contribution < 1.29 is 9.59 Å². The van der Waals surface area contributed by atoms with Crippen LogP contribution in [0.25, 0.3) is 0 Å². The second kappa shape index (κ2) is 6.03. The molecule has 2 aromatic rings. The van der Waals surface area contributed by atoms with Gasteiger partial charge in [0.05, 0.1) is 16.3 Å². The van der Waals surface area contributed by atoms with Gasteiger partial charge in [-0.05, 0) is 35.9 Å². The van der Waals surface area contributed by atoms with Crippen LogP contribution in [0, 0.1) is 0 Å². The smallest absolute Gasteiger partial charge is 0.258 e. The first-order chi connectivity index (χ1) is 9.52. The normalized spacial score (nSPS) is 10.2. The van der Waals surface area contributed by atoms with Gasteiger partial charge in [-0.25, -0.2) is 0 Å². The van der Waals surface area contributed by atoms with Crippen LogP contribution in [-0.4, -0.2) is 23.2 Å². The highest BCUT2D eigenvalue weighted by Crippen LogP contribution is 2.30. The SMILES string of the molecule is CN(C(=O)c1ccncc1)c1cccc(C(=O)Cl)c1Cl. The number of carbonyl (C=O) groups is 2. The predicted octanol–water partition coefficient (Wildman–Crippen LogP) is 3.39. The number of benzene rings is 1. The summed E-state index contributed by atoms with van der Waals surface area (Å²) in [7, 11) is 1.58. The maximum atomic E-state index is 12.3. The summed E-state index contributed by atoms with van der Waals surface area (Å²) in [6.07, 6.45) is 3.06. The average molecular weight is 309 g/mol. The molecule has 0 spiro atoms. The Morgan fingerprint density at radius 2 is 1.80 bits per heavy atom. The molecule has 0 radical (unpaired) electrons. The number of nitrogens with zero attached hydrogens (tertiary/aromatic N) is 2. The lowest BCUT2D eigenvalue weighted by Crippen LogP contribution is -2.26. The van der Waals surface area contributed by atoms with Gasteiger partial charge in [-0.1, -0.05) is 17.7 Å². The Hall–Kier alpha value is -1.91. The van der Waals surface area contributed by atoms with Crippen LogP contribution in [0.4, 0.5) is 5.69 Å². The van der Waals surface area contributed by atoms with E-state index in [1.54, 1.807) is 31.3 Å². The standard InChI is InChI=1S/C14H10Cl2N2O2/c1-18(14(20)9-5-7-17-8-6-9)11-4-2-3-10(12(11)15)13(16)19/h2-8H,1H3. The van der Waals surface area contributed by atoms with Crippen LogP contribution in [-0.2, 0) is 0 Å². The van der Waals surface area contributed by atoms with Crippen LogP contribution >= 0.6 is 23.2 Å². The number of carbonyl (C=O) groups excluding carboxylic acids is 2. The van der Waals surface area contributed by atoms with Crippen LogP contribution in [0.1, 0.15) is 20.7 Å². The predicted molar refractivity (Wildman–Crippen MR) is 78.6 cm³/mol. The van der Waals surface area contributed by atoms with Gasteiger partial charge in [0.1, 0.15) is 0 Å². The van der Waals surface area contributed by atoms with Crippen LogP contribution in [0.15, 0.2) is 42.7 Å². The summed E-state index contributed by atoms with van der Waals surface area (Å²) in [4.78, 5) is 28.8. The highest BCUT2D eigenvalue weighted by atomic mass is 35.5. The fourth-order valence-corrected chi connectivity index (χ4v) is 2.27. The topological polar surface area (TPSA) is 50.3 Å².